The Labute approximate surface area is 109 Å². The number of nitrogens with two attached hydrogens (primary N) is 1. The normalized spacial score (nSPS) is 20.1. The van der Waals surface area contributed by atoms with Crippen LogP contribution in [0.25, 0.3) is 0 Å². The molecular weight excluding hydrogens is 228 g/mol. The average Bonchev–Trinajstić information content (AvgIpc) is 2.71. The fourth-order valence-corrected chi connectivity index (χ4v) is 3.59. The Balaban J connectivity index is 1.81. The van der Waals surface area contributed by atoms with E-state index in [-0.39, 0.29) is 0 Å². The number of hydrogen-bond acceptors (Lipinski definition) is 3. The van der Waals surface area contributed by atoms with Crippen LogP contribution in [0, 0.1) is 5.92 Å². The Morgan fingerprint density at radius 2 is 2.06 bits per heavy atom. The number of rotatable bonds is 5. The average molecular weight is 252 g/mol. The van der Waals surface area contributed by atoms with E-state index in [1.54, 1.807) is 11.3 Å². The van der Waals surface area contributed by atoms with E-state index in [0.717, 1.165) is 12.3 Å². The molecule has 0 saturated heterocycles. The van der Waals surface area contributed by atoms with Gasteiger partial charge in [-0.3, -0.25) is 11.3 Å². The molecule has 0 aromatic carbocycles. The van der Waals surface area contributed by atoms with Gasteiger partial charge in [0.05, 0.1) is 0 Å². The SMILES string of the molecule is NNC(Cc1ccsc1)CC1CCCCCC1. The molecule has 1 saturated carbocycles. The molecule has 0 bridgehead atoms. The molecule has 1 unspecified atom stereocenters. The first-order valence-corrected chi connectivity index (χ1v) is 7.80. The molecule has 3 heteroatoms. The van der Waals surface area contributed by atoms with Gasteiger partial charge in [-0.2, -0.15) is 11.3 Å². The zero-order chi connectivity index (χ0) is 11.9. The Morgan fingerprint density at radius 1 is 1.29 bits per heavy atom. The smallest absolute Gasteiger partial charge is 0.0253 e. The van der Waals surface area contributed by atoms with Crippen molar-refractivity contribution >= 4 is 11.3 Å². The molecule has 96 valence electrons. The molecule has 1 heterocycles. The highest BCUT2D eigenvalue weighted by molar-refractivity contribution is 7.07. The lowest BCUT2D eigenvalue weighted by Crippen LogP contribution is -2.38. The van der Waals surface area contributed by atoms with Crippen LogP contribution in [0.5, 0.6) is 0 Å². The van der Waals surface area contributed by atoms with Crippen LogP contribution < -0.4 is 11.3 Å². The van der Waals surface area contributed by atoms with Crippen molar-refractivity contribution in [2.75, 3.05) is 0 Å². The molecule has 1 aliphatic rings. The summed E-state index contributed by atoms with van der Waals surface area (Å²) >= 11 is 1.77. The first-order chi connectivity index (χ1) is 8.38. The molecule has 0 spiro atoms. The molecule has 1 fully saturated rings. The van der Waals surface area contributed by atoms with Gasteiger partial charge in [0.15, 0.2) is 0 Å². The van der Waals surface area contributed by atoms with Crippen LogP contribution in [-0.2, 0) is 6.42 Å². The van der Waals surface area contributed by atoms with Crippen molar-refractivity contribution in [2.45, 2.75) is 57.4 Å². The van der Waals surface area contributed by atoms with Crippen molar-refractivity contribution in [3.05, 3.63) is 22.4 Å². The van der Waals surface area contributed by atoms with Crippen molar-refractivity contribution in [2.24, 2.45) is 11.8 Å². The summed E-state index contributed by atoms with van der Waals surface area (Å²) in [5, 5.41) is 4.38. The van der Waals surface area contributed by atoms with Gasteiger partial charge in [-0.1, -0.05) is 38.5 Å². The van der Waals surface area contributed by atoms with Gasteiger partial charge in [0, 0.05) is 6.04 Å². The minimum atomic E-state index is 0.452. The van der Waals surface area contributed by atoms with Crippen LogP contribution in [0.3, 0.4) is 0 Å². The monoisotopic (exact) mass is 252 g/mol. The second-order valence-corrected chi connectivity index (χ2v) is 6.07. The summed E-state index contributed by atoms with van der Waals surface area (Å²) in [5.41, 5.74) is 4.44. The standard InChI is InChI=1S/C14H24N2S/c15-16-14(10-13-7-8-17-11-13)9-12-5-3-1-2-4-6-12/h7-8,11-12,14,16H,1-6,9-10,15H2. The highest BCUT2D eigenvalue weighted by atomic mass is 32.1. The van der Waals surface area contributed by atoms with Crippen LogP contribution in [0.4, 0.5) is 0 Å². The molecule has 1 aromatic rings. The Morgan fingerprint density at radius 3 is 2.65 bits per heavy atom. The Bertz CT molecular complexity index is 289. The van der Waals surface area contributed by atoms with E-state index < -0.39 is 0 Å². The minimum Gasteiger partial charge on any atom is -0.271 e. The third-order valence-corrected chi connectivity index (χ3v) is 4.62. The van der Waals surface area contributed by atoms with Crippen molar-refractivity contribution < 1.29 is 0 Å². The van der Waals surface area contributed by atoms with Crippen molar-refractivity contribution in [3.8, 4) is 0 Å². The molecule has 0 amide bonds. The summed E-state index contributed by atoms with van der Waals surface area (Å²) in [6.07, 6.45) is 10.8. The van der Waals surface area contributed by atoms with Crippen LogP contribution in [0.1, 0.15) is 50.5 Å². The predicted molar refractivity (Wildman–Crippen MR) is 74.9 cm³/mol. The minimum absolute atomic E-state index is 0.452. The summed E-state index contributed by atoms with van der Waals surface area (Å²) in [4.78, 5) is 0. The number of thiophene rings is 1. The van der Waals surface area contributed by atoms with E-state index in [1.165, 1.54) is 50.5 Å². The first kappa shape index (κ1) is 13.1. The van der Waals surface area contributed by atoms with Gasteiger partial charge >= 0.3 is 0 Å². The summed E-state index contributed by atoms with van der Waals surface area (Å²) < 4.78 is 0. The summed E-state index contributed by atoms with van der Waals surface area (Å²) in [5.74, 6) is 6.59. The lowest BCUT2D eigenvalue weighted by Gasteiger charge is -2.21. The maximum atomic E-state index is 5.70. The molecule has 3 N–H and O–H groups in total. The van der Waals surface area contributed by atoms with Crippen molar-refractivity contribution in [1.82, 2.24) is 5.43 Å². The van der Waals surface area contributed by atoms with Crippen LogP contribution in [0.15, 0.2) is 16.8 Å². The molecule has 1 aromatic heterocycles. The van der Waals surface area contributed by atoms with Crippen LogP contribution in [0.2, 0.25) is 0 Å². The quantitative estimate of drug-likeness (QED) is 0.478. The Hall–Kier alpha value is -0.380. The maximum Gasteiger partial charge on any atom is 0.0253 e. The maximum absolute atomic E-state index is 5.70. The van der Waals surface area contributed by atoms with Gasteiger partial charge in [0.25, 0.3) is 0 Å². The number of hydrazine groups is 1. The molecule has 1 aliphatic carbocycles. The van der Waals surface area contributed by atoms with E-state index in [4.69, 9.17) is 5.84 Å². The lowest BCUT2D eigenvalue weighted by molar-refractivity contribution is 0.352. The number of hydrogen-bond donors (Lipinski definition) is 2. The zero-order valence-corrected chi connectivity index (χ0v) is 11.3. The third kappa shape index (κ3) is 4.41. The highest BCUT2D eigenvalue weighted by Gasteiger charge is 2.17. The van der Waals surface area contributed by atoms with E-state index in [1.807, 2.05) is 0 Å². The van der Waals surface area contributed by atoms with E-state index in [9.17, 15) is 0 Å². The van der Waals surface area contributed by atoms with Gasteiger partial charge < -0.3 is 0 Å². The van der Waals surface area contributed by atoms with Gasteiger partial charge in [-0.05, 0) is 41.1 Å². The molecule has 0 aliphatic heterocycles. The van der Waals surface area contributed by atoms with E-state index in [2.05, 4.69) is 22.3 Å². The molecule has 2 nitrogen and oxygen atoms in total. The fourth-order valence-electron chi connectivity index (χ4n) is 2.91. The van der Waals surface area contributed by atoms with Gasteiger partial charge in [0.2, 0.25) is 0 Å². The molecule has 17 heavy (non-hydrogen) atoms. The second kappa shape index (κ2) is 7.14. The third-order valence-electron chi connectivity index (χ3n) is 3.89. The van der Waals surface area contributed by atoms with Gasteiger partial charge in [-0.15, -0.1) is 0 Å². The lowest BCUT2D eigenvalue weighted by atomic mass is 9.90. The topological polar surface area (TPSA) is 38.0 Å². The molecular formula is C14H24N2S. The van der Waals surface area contributed by atoms with Crippen molar-refractivity contribution in [1.29, 1.82) is 0 Å². The molecule has 0 radical (unpaired) electrons. The van der Waals surface area contributed by atoms with Gasteiger partial charge in [-0.25, -0.2) is 0 Å². The zero-order valence-electron chi connectivity index (χ0n) is 10.5. The Kier molecular flexibility index (Phi) is 5.49. The summed E-state index contributed by atoms with van der Waals surface area (Å²) in [7, 11) is 0. The van der Waals surface area contributed by atoms with E-state index >= 15 is 0 Å². The molecule has 1 atom stereocenters. The first-order valence-electron chi connectivity index (χ1n) is 6.85. The highest BCUT2D eigenvalue weighted by Crippen LogP contribution is 2.27. The van der Waals surface area contributed by atoms with Crippen LogP contribution in [-0.4, -0.2) is 6.04 Å². The van der Waals surface area contributed by atoms with E-state index in [0.29, 0.717) is 6.04 Å². The number of nitrogens with one attached hydrogen (secondary N) is 1. The van der Waals surface area contributed by atoms with Gasteiger partial charge in [0.1, 0.15) is 0 Å². The van der Waals surface area contributed by atoms with Crippen LogP contribution >= 0.6 is 11.3 Å². The summed E-state index contributed by atoms with van der Waals surface area (Å²) in [6, 6.07) is 2.66. The molecule has 2 rings (SSSR count). The predicted octanol–water partition coefficient (Wildman–Crippen LogP) is 3.48. The van der Waals surface area contributed by atoms with Crippen molar-refractivity contribution in [3.63, 3.8) is 0 Å². The fraction of sp³-hybridized carbons (Fsp3) is 0.714. The largest absolute Gasteiger partial charge is 0.271 e. The second-order valence-electron chi connectivity index (χ2n) is 5.29. The summed E-state index contributed by atoms with van der Waals surface area (Å²) in [6.45, 7) is 0.